The SMILES string of the molecule is CCC1CCc2c1n(Cc1ccc(C)cc1)c1c(S(C)(=O)=O)cc(C)cc21. The van der Waals surface area contributed by atoms with Gasteiger partial charge in [0.1, 0.15) is 0 Å². The molecule has 3 aromatic rings. The first-order chi connectivity index (χ1) is 12.8. The molecule has 0 spiro atoms. The molecule has 0 bridgehead atoms. The predicted molar refractivity (Wildman–Crippen MR) is 111 cm³/mol. The second-order valence-electron chi connectivity index (χ2n) is 8.01. The number of benzene rings is 2. The van der Waals surface area contributed by atoms with E-state index in [-0.39, 0.29) is 0 Å². The summed E-state index contributed by atoms with van der Waals surface area (Å²) >= 11 is 0. The summed E-state index contributed by atoms with van der Waals surface area (Å²) < 4.78 is 27.5. The highest BCUT2D eigenvalue weighted by Crippen LogP contribution is 2.44. The molecule has 1 heterocycles. The van der Waals surface area contributed by atoms with Gasteiger partial charge in [0, 0.05) is 23.9 Å². The second kappa shape index (κ2) is 6.52. The molecule has 142 valence electrons. The van der Waals surface area contributed by atoms with Gasteiger partial charge in [-0.2, -0.15) is 0 Å². The lowest BCUT2D eigenvalue weighted by atomic mass is 10.0. The Balaban J connectivity index is 2.04. The first-order valence-corrected chi connectivity index (χ1v) is 11.6. The number of hydrogen-bond donors (Lipinski definition) is 0. The third kappa shape index (κ3) is 3.10. The van der Waals surface area contributed by atoms with Crippen molar-refractivity contribution in [2.45, 2.75) is 57.4 Å². The van der Waals surface area contributed by atoms with Crippen LogP contribution in [0.1, 0.15) is 53.6 Å². The van der Waals surface area contributed by atoms with E-state index in [1.165, 1.54) is 28.6 Å². The molecular formula is C23H27NO2S. The lowest BCUT2D eigenvalue weighted by Crippen LogP contribution is -2.10. The summed E-state index contributed by atoms with van der Waals surface area (Å²) in [7, 11) is -3.31. The van der Waals surface area contributed by atoms with Crippen LogP contribution in [0.4, 0.5) is 0 Å². The molecule has 1 atom stereocenters. The van der Waals surface area contributed by atoms with Gasteiger partial charge >= 0.3 is 0 Å². The quantitative estimate of drug-likeness (QED) is 0.627. The number of sulfone groups is 1. The Kier molecular flexibility index (Phi) is 4.42. The van der Waals surface area contributed by atoms with Gasteiger partial charge in [0.05, 0.1) is 10.4 Å². The van der Waals surface area contributed by atoms with Crippen molar-refractivity contribution in [1.82, 2.24) is 4.57 Å². The molecule has 0 saturated heterocycles. The average molecular weight is 382 g/mol. The molecule has 4 rings (SSSR count). The number of rotatable bonds is 4. The Bertz CT molecular complexity index is 1120. The van der Waals surface area contributed by atoms with E-state index in [4.69, 9.17) is 0 Å². The summed E-state index contributed by atoms with van der Waals surface area (Å²) in [5.74, 6) is 0.505. The summed E-state index contributed by atoms with van der Waals surface area (Å²) in [4.78, 5) is 0.467. The van der Waals surface area contributed by atoms with Gasteiger partial charge in [-0.3, -0.25) is 0 Å². The number of aromatic nitrogens is 1. The Hall–Kier alpha value is -2.07. The molecule has 3 nitrogen and oxygen atoms in total. The van der Waals surface area contributed by atoms with Gasteiger partial charge < -0.3 is 4.57 Å². The minimum Gasteiger partial charge on any atom is -0.339 e. The largest absolute Gasteiger partial charge is 0.339 e. The molecule has 0 N–H and O–H groups in total. The number of fused-ring (bicyclic) bond motifs is 3. The fourth-order valence-electron chi connectivity index (χ4n) is 4.58. The Morgan fingerprint density at radius 2 is 1.78 bits per heavy atom. The van der Waals surface area contributed by atoms with Crippen LogP contribution in [0.3, 0.4) is 0 Å². The van der Waals surface area contributed by atoms with Crippen LogP contribution in [0.15, 0.2) is 41.3 Å². The molecule has 0 amide bonds. The van der Waals surface area contributed by atoms with Crippen molar-refractivity contribution >= 4 is 20.7 Å². The highest BCUT2D eigenvalue weighted by Gasteiger charge is 2.31. The van der Waals surface area contributed by atoms with Gasteiger partial charge in [0.25, 0.3) is 0 Å². The first-order valence-electron chi connectivity index (χ1n) is 9.70. The Morgan fingerprint density at radius 3 is 2.41 bits per heavy atom. The molecular weight excluding hydrogens is 354 g/mol. The summed E-state index contributed by atoms with van der Waals surface area (Å²) in [6.07, 6.45) is 4.61. The summed E-state index contributed by atoms with van der Waals surface area (Å²) in [5.41, 5.74) is 7.06. The van der Waals surface area contributed by atoms with Crippen LogP contribution < -0.4 is 0 Å². The van der Waals surface area contributed by atoms with Crippen molar-refractivity contribution in [3.05, 3.63) is 64.3 Å². The maximum Gasteiger partial charge on any atom is 0.177 e. The molecule has 1 aliphatic carbocycles. The maximum atomic E-state index is 12.6. The summed E-state index contributed by atoms with van der Waals surface area (Å²) in [6.45, 7) is 7.03. The molecule has 1 aliphatic rings. The van der Waals surface area contributed by atoms with Gasteiger partial charge in [-0.1, -0.05) is 36.8 Å². The smallest absolute Gasteiger partial charge is 0.177 e. The van der Waals surface area contributed by atoms with E-state index in [2.05, 4.69) is 48.7 Å². The molecule has 0 fully saturated rings. The van der Waals surface area contributed by atoms with Crippen LogP contribution >= 0.6 is 0 Å². The average Bonchev–Trinajstić information content (AvgIpc) is 3.15. The van der Waals surface area contributed by atoms with Crippen LogP contribution in [0.25, 0.3) is 10.9 Å². The third-order valence-corrected chi connectivity index (χ3v) is 7.01. The van der Waals surface area contributed by atoms with E-state index in [1.54, 1.807) is 0 Å². The number of aryl methyl sites for hydroxylation is 3. The summed E-state index contributed by atoms with van der Waals surface area (Å²) in [5, 5.41) is 1.13. The first kappa shape index (κ1) is 18.3. The van der Waals surface area contributed by atoms with Gasteiger partial charge in [-0.05, 0) is 67.9 Å². The van der Waals surface area contributed by atoms with Crippen molar-refractivity contribution in [1.29, 1.82) is 0 Å². The van der Waals surface area contributed by atoms with Crippen LogP contribution in [0.2, 0.25) is 0 Å². The van der Waals surface area contributed by atoms with E-state index in [0.717, 1.165) is 35.7 Å². The van der Waals surface area contributed by atoms with Gasteiger partial charge in [-0.15, -0.1) is 0 Å². The highest BCUT2D eigenvalue weighted by molar-refractivity contribution is 7.91. The van der Waals surface area contributed by atoms with Crippen molar-refractivity contribution in [2.75, 3.05) is 6.26 Å². The minimum atomic E-state index is -3.31. The molecule has 27 heavy (non-hydrogen) atoms. The molecule has 0 radical (unpaired) electrons. The van der Waals surface area contributed by atoms with Crippen molar-refractivity contribution in [3.63, 3.8) is 0 Å². The van der Waals surface area contributed by atoms with Crippen molar-refractivity contribution < 1.29 is 8.42 Å². The number of nitrogens with zero attached hydrogens (tertiary/aromatic N) is 1. The zero-order valence-corrected chi connectivity index (χ0v) is 17.4. The van der Waals surface area contributed by atoms with Gasteiger partial charge in [0.15, 0.2) is 9.84 Å². The summed E-state index contributed by atoms with van der Waals surface area (Å²) in [6, 6.07) is 12.6. The van der Waals surface area contributed by atoms with E-state index in [9.17, 15) is 8.42 Å². The molecule has 2 aromatic carbocycles. The Labute approximate surface area is 161 Å². The zero-order chi connectivity index (χ0) is 19.3. The van der Waals surface area contributed by atoms with Crippen molar-refractivity contribution in [3.8, 4) is 0 Å². The van der Waals surface area contributed by atoms with Gasteiger partial charge in [0.2, 0.25) is 0 Å². The van der Waals surface area contributed by atoms with Crippen LogP contribution in [0.5, 0.6) is 0 Å². The second-order valence-corrected chi connectivity index (χ2v) is 9.99. The fraction of sp³-hybridized carbons (Fsp3) is 0.391. The Morgan fingerprint density at radius 1 is 1.07 bits per heavy atom. The molecule has 4 heteroatoms. The monoisotopic (exact) mass is 381 g/mol. The predicted octanol–water partition coefficient (Wildman–Crippen LogP) is 5.15. The highest BCUT2D eigenvalue weighted by atomic mass is 32.2. The van der Waals surface area contributed by atoms with E-state index >= 15 is 0 Å². The van der Waals surface area contributed by atoms with Crippen LogP contribution in [0, 0.1) is 13.8 Å². The third-order valence-electron chi connectivity index (χ3n) is 5.90. The fourth-order valence-corrected chi connectivity index (χ4v) is 5.55. The standard InChI is InChI=1S/C23H27NO2S/c1-5-18-10-11-19-20-12-16(3)13-21(27(4,25)26)23(20)24(22(18)19)14-17-8-6-15(2)7-9-17/h6-9,12-13,18H,5,10-11,14H2,1-4H3. The zero-order valence-electron chi connectivity index (χ0n) is 16.5. The van der Waals surface area contributed by atoms with Crippen molar-refractivity contribution in [2.24, 2.45) is 0 Å². The normalized spacial score (nSPS) is 16.8. The lowest BCUT2D eigenvalue weighted by molar-refractivity contribution is 0.597. The lowest BCUT2D eigenvalue weighted by Gasteiger charge is -2.17. The number of hydrogen-bond acceptors (Lipinski definition) is 2. The molecule has 1 unspecified atom stereocenters. The topological polar surface area (TPSA) is 39.1 Å². The van der Waals surface area contributed by atoms with E-state index in [1.807, 2.05) is 13.0 Å². The van der Waals surface area contributed by atoms with Gasteiger partial charge in [-0.25, -0.2) is 8.42 Å². The molecule has 0 saturated carbocycles. The minimum absolute atomic E-state index is 0.467. The molecule has 1 aromatic heterocycles. The van der Waals surface area contributed by atoms with Crippen LogP contribution in [-0.4, -0.2) is 19.2 Å². The molecule has 0 aliphatic heterocycles. The van der Waals surface area contributed by atoms with Crippen LogP contribution in [-0.2, 0) is 22.8 Å². The van der Waals surface area contributed by atoms with E-state index < -0.39 is 9.84 Å². The maximum absolute atomic E-state index is 12.6. The van der Waals surface area contributed by atoms with E-state index in [0.29, 0.717) is 17.4 Å².